The van der Waals surface area contributed by atoms with Crippen molar-refractivity contribution in [2.45, 2.75) is 13.0 Å². The van der Waals surface area contributed by atoms with Gasteiger partial charge in [0.1, 0.15) is 0 Å². The van der Waals surface area contributed by atoms with Gasteiger partial charge in [0.15, 0.2) is 0 Å². The Hall–Kier alpha value is -1.67. The maximum absolute atomic E-state index is 4.24. The number of nitrogens with zero attached hydrogens (tertiary/aromatic N) is 1. The molecule has 2 nitrogen and oxygen atoms in total. The highest BCUT2D eigenvalue weighted by Gasteiger charge is 1.97. The summed E-state index contributed by atoms with van der Waals surface area (Å²) in [7, 11) is 1.95. The van der Waals surface area contributed by atoms with E-state index in [-0.39, 0.29) is 0 Å². The number of rotatable bonds is 3. The lowest BCUT2D eigenvalue weighted by Crippen LogP contribution is -2.17. The smallest absolute Gasteiger partial charge is 0.0346 e. The lowest BCUT2D eigenvalue weighted by Gasteiger charge is -2.04. The van der Waals surface area contributed by atoms with E-state index in [1.807, 2.05) is 25.5 Å². The van der Waals surface area contributed by atoms with E-state index < -0.39 is 0 Å². The largest absolute Gasteiger partial charge is 0.314 e. The molecule has 0 aliphatic heterocycles. The normalized spacial score (nSPS) is 13.4. The molecule has 0 bridgehead atoms. The van der Waals surface area contributed by atoms with Crippen LogP contribution in [0.1, 0.15) is 12.5 Å². The summed E-state index contributed by atoms with van der Waals surface area (Å²) in [5.74, 6) is 0. The molecule has 16 heavy (non-hydrogen) atoms. The summed E-state index contributed by atoms with van der Waals surface area (Å²) in [5, 5.41) is 5.61. The lowest BCUT2D eigenvalue weighted by atomic mass is 10.1. The fourth-order valence-corrected chi connectivity index (χ4v) is 1.62. The third-order valence-electron chi connectivity index (χ3n) is 2.72. The molecule has 0 amide bonds. The first-order valence-electron chi connectivity index (χ1n) is 5.49. The van der Waals surface area contributed by atoms with E-state index in [9.17, 15) is 0 Å². The van der Waals surface area contributed by atoms with Crippen LogP contribution in [0.25, 0.3) is 16.8 Å². The maximum atomic E-state index is 4.24. The van der Waals surface area contributed by atoms with Gasteiger partial charge in [0, 0.05) is 29.4 Å². The van der Waals surface area contributed by atoms with Crippen molar-refractivity contribution >= 4 is 16.8 Å². The van der Waals surface area contributed by atoms with Gasteiger partial charge in [-0.25, -0.2) is 0 Å². The molecule has 0 spiro atoms. The second-order valence-corrected chi connectivity index (χ2v) is 3.89. The standard InChI is InChI=1S/C14H16N2/c1-11(15-2)7-8-13-10-16-9-12-5-3-4-6-14(12)13/h3-11,15H,1-2H3/b8-7+. The van der Waals surface area contributed by atoms with Crippen LogP contribution in [0.3, 0.4) is 0 Å². The fraction of sp³-hybridized carbons (Fsp3) is 0.214. The molecule has 0 aliphatic carbocycles. The quantitative estimate of drug-likeness (QED) is 0.846. The van der Waals surface area contributed by atoms with Gasteiger partial charge in [-0.2, -0.15) is 0 Å². The summed E-state index contributed by atoms with van der Waals surface area (Å²) < 4.78 is 0. The van der Waals surface area contributed by atoms with Gasteiger partial charge in [-0.05, 0) is 19.4 Å². The molecule has 0 aliphatic rings. The van der Waals surface area contributed by atoms with Crippen LogP contribution >= 0.6 is 0 Å². The average Bonchev–Trinajstić information content (AvgIpc) is 2.35. The van der Waals surface area contributed by atoms with Gasteiger partial charge >= 0.3 is 0 Å². The van der Waals surface area contributed by atoms with Crippen molar-refractivity contribution in [2.75, 3.05) is 7.05 Å². The number of hydrogen-bond acceptors (Lipinski definition) is 2. The van der Waals surface area contributed by atoms with Crippen LogP contribution in [-0.4, -0.2) is 18.1 Å². The number of pyridine rings is 1. The molecule has 1 heterocycles. The monoisotopic (exact) mass is 212 g/mol. The average molecular weight is 212 g/mol. The van der Waals surface area contributed by atoms with Crippen LogP contribution in [-0.2, 0) is 0 Å². The molecular weight excluding hydrogens is 196 g/mol. The van der Waals surface area contributed by atoms with Crippen LogP contribution in [0.2, 0.25) is 0 Å². The summed E-state index contributed by atoms with van der Waals surface area (Å²) in [6.45, 7) is 2.12. The molecule has 0 fully saturated rings. The Morgan fingerprint density at radius 3 is 2.88 bits per heavy atom. The summed E-state index contributed by atoms with van der Waals surface area (Å²) >= 11 is 0. The van der Waals surface area contributed by atoms with Gasteiger partial charge in [-0.1, -0.05) is 36.4 Å². The molecule has 2 rings (SSSR count). The van der Waals surface area contributed by atoms with Crippen molar-refractivity contribution in [3.05, 3.63) is 48.3 Å². The van der Waals surface area contributed by atoms with Crippen LogP contribution in [0.15, 0.2) is 42.7 Å². The number of hydrogen-bond donors (Lipinski definition) is 1. The first-order valence-corrected chi connectivity index (χ1v) is 5.49. The topological polar surface area (TPSA) is 24.9 Å². The minimum atomic E-state index is 0.374. The molecular formula is C14H16N2. The van der Waals surface area contributed by atoms with Crippen LogP contribution in [0.5, 0.6) is 0 Å². The van der Waals surface area contributed by atoms with E-state index in [0.29, 0.717) is 6.04 Å². The predicted molar refractivity (Wildman–Crippen MR) is 69.3 cm³/mol. The first kappa shape index (κ1) is 10.8. The molecule has 0 saturated heterocycles. The molecule has 1 N–H and O–H groups in total. The summed E-state index contributed by atoms with van der Waals surface area (Å²) in [4.78, 5) is 4.24. The van der Waals surface area contributed by atoms with E-state index >= 15 is 0 Å². The van der Waals surface area contributed by atoms with Gasteiger partial charge in [0.05, 0.1) is 0 Å². The minimum absolute atomic E-state index is 0.374. The van der Waals surface area contributed by atoms with Crippen molar-refractivity contribution in [1.82, 2.24) is 10.3 Å². The Morgan fingerprint density at radius 1 is 1.25 bits per heavy atom. The predicted octanol–water partition coefficient (Wildman–Crippen LogP) is 2.86. The van der Waals surface area contributed by atoms with E-state index in [0.717, 1.165) is 0 Å². The number of fused-ring (bicyclic) bond motifs is 1. The van der Waals surface area contributed by atoms with Gasteiger partial charge in [0.2, 0.25) is 0 Å². The molecule has 2 aromatic rings. The molecule has 1 atom stereocenters. The van der Waals surface area contributed by atoms with E-state index in [1.54, 1.807) is 0 Å². The van der Waals surface area contributed by atoms with Crippen molar-refractivity contribution in [1.29, 1.82) is 0 Å². The molecule has 1 aromatic heterocycles. The fourth-order valence-electron chi connectivity index (χ4n) is 1.62. The van der Waals surface area contributed by atoms with Crippen molar-refractivity contribution < 1.29 is 0 Å². The highest BCUT2D eigenvalue weighted by molar-refractivity contribution is 5.89. The van der Waals surface area contributed by atoms with Crippen LogP contribution in [0, 0.1) is 0 Å². The zero-order valence-corrected chi connectivity index (χ0v) is 9.64. The van der Waals surface area contributed by atoms with Crippen molar-refractivity contribution in [2.24, 2.45) is 0 Å². The van der Waals surface area contributed by atoms with E-state index in [2.05, 4.69) is 47.6 Å². The van der Waals surface area contributed by atoms with Crippen molar-refractivity contribution in [3.8, 4) is 0 Å². The van der Waals surface area contributed by atoms with E-state index in [1.165, 1.54) is 16.3 Å². The summed E-state index contributed by atoms with van der Waals surface area (Å²) in [5.41, 5.74) is 1.17. The Balaban J connectivity index is 2.41. The Labute approximate surface area is 96.0 Å². The number of benzene rings is 1. The van der Waals surface area contributed by atoms with Crippen LogP contribution < -0.4 is 5.32 Å². The van der Waals surface area contributed by atoms with Gasteiger partial charge in [-0.15, -0.1) is 0 Å². The third kappa shape index (κ3) is 2.28. The van der Waals surface area contributed by atoms with Crippen molar-refractivity contribution in [3.63, 3.8) is 0 Å². The van der Waals surface area contributed by atoms with E-state index in [4.69, 9.17) is 0 Å². The Bertz CT molecular complexity index is 498. The molecule has 2 heteroatoms. The molecule has 1 aromatic carbocycles. The zero-order chi connectivity index (χ0) is 11.4. The highest BCUT2D eigenvalue weighted by Crippen LogP contribution is 2.18. The second-order valence-electron chi connectivity index (χ2n) is 3.89. The first-order chi connectivity index (χ1) is 7.81. The zero-order valence-electron chi connectivity index (χ0n) is 9.64. The van der Waals surface area contributed by atoms with Gasteiger partial charge in [-0.3, -0.25) is 4.98 Å². The Morgan fingerprint density at radius 2 is 2.06 bits per heavy atom. The van der Waals surface area contributed by atoms with Gasteiger partial charge in [0.25, 0.3) is 0 Å². The number of likely N-dealkylation sites (N-methyl/N-ethyl adjacent to an activating group) is 1. The molecule has 82 valence electrons. The summed E-state index contributed by atoms with van der Waals surface area (Å²) in [6.07, 6.45) is 8.06. The summed E-state index contributed by atoms with van der Waals surface area (Å²) in [6, 6.07) is 8.68. The highest BCUT2D eigenvalue weighted by atomic mass is 14.8. The minimum Gasteiger partial charge on any atom is -0.314 e. The lowest BCUT2D eigenvalue weighted by molar-refractivity contribution is 0.731. The molecule has 0 saturated carbocycles. The second kappa shape index (κ2) is 4.90. The molecule has 0 radical (unpaired) electrons. The number of nitrogens with one attached hydrogen (secondary N) is 1. The molecule has 1 unspecified atom stereocenters. The van der Waals surface area contributed by atoms with Crippen LogP contribution in [0.4, 0.5) is 0 Å². The Kier molecular flexibility index (Phi) is 3.32. The SMILES string of the molecule is CNC(C)/C=C/c1cncc2ccccc12. The number of aromatic nitrogens is 1. The third-order valence-corrected chi connectivity index (χ3v) is 2.72. The maximum Gasteiger partial charge on any atom is 0.0346 e. The van der Waals surface area contributed by atoms with Gasteiger partial charge < -0.3 is 5.32 Å².